The molecule has 0 amide bonds. The van der Waals surface area contributed by atoms with Crippen molar-refractivity contribution in [2.24, 2.45) is 0 Å². The lowest BCUT2D eigenvalue weighted by molar-refractivity contribution is 0.588. The number of benzene rings is 3. The Kier molecular flexibility index (Phi) is 5.02. The largest absolute Gasteiger partial charge is 0.361 e. The van der Waals surface area contributed by atoms with Crippen LogP contribution in [0.1, 0.15) is 53.8 Å². The van der Waals surface area contributed by atoms with Crippen LogP contribution in [0.3, 0.4) is 0 Å². The zero-order valence-corrected chi connectivity index (χ0v) is 20.0. The number of aromatic amines is 1. The number of rotatable bonds is 4. The molecule has 0 unspecified atom stereocenters. The maximum absolute atomic E-state index is 3.68. The molecule has 2 heterocycles. The van der Waals surface area contributed by atoms with Crippen LogP contribution >= 0.6 is 15.9 Å². The summed E-state index contributed by atoms with van der Waals surface area (Å²) >= 11 is 3.68. The van der Waals surface area contributed by atoms with Crippen molar-refractivity contribution < 1.29 is 0 Å². The molecule has 0 aliphatic rings. The lowest BCUT2D eigenvalue weighted by Gasteiger charge is -2.24. The van der Waals surface area contributed by atoms with E-state index >= 15 is 0 Å². The maximum atomic E-state index is 3.68. The van der Waals surface area contributed by atoms with Crippen molar-refractivity contribution in [1.82, 2.24) is 9.55 Å². The normalized spacial score (nSPS) is 12.8. The zero-order chi connectivity index (χ0) is 21.7. The van der Waals surface area contributed by atoms with Gasteiger partial charge >= 0.3 is 0 Å². The molecular formula is C28H27BrN2. The van der Waals surface area contributed by atoms with Crippen LogP contribution in [0.2, 0.25) is 0 Å². The number of nitrogens with zero attached hydrogens (tertiary/aromatic N) is 1. The van der Waals surface area contributed by atoms with Crippen molar-refractivity contribution >= 4 is 37.7 Å². The van der Waals surface area contributed by atoms with Crippen LogP contribution < -0.4 is 0 Å². The van der Waals surface area contributed by atoms with Gasteiger partial charge in [0.15, 0.2) is 0 Å². The summed E-state index contributed by atoms with van der Waals surface area (Å²) in [5, 5.41) is 2.65. The van der Waals surface area contributed by atoms with Crippen molar-refractivity contribution in [3.05, 3.63) is 105 Å². The Hall–Kier alpha value is -2.78. The van der Waals surface area contributed by atoms with Crippen LogP contribution in [0.5, 0.6) is 0 Å². The summed E-state index contributed by atoms with van der Waals surface area (Å²) in [7, 11) is 0. The number of halogens is 1. The molecule has 2 aromatic heterocycles. The summed E-state index contributed by atoms with van der Waals surface area (Å²) in [6.45, 7) is 9.10. The van der Waals surface area contributed by atoms with Gasteiger partial charge in [-0.2, -0.15) is 0 Å². The van der Waals surface area contributed by atoms with Crippen molar-refractivity contribution in [2.75, 3.05) is 0 Å². The van der Waals surface area contributed by atoms with Gasteiger partial charge in [-0.1, -0.05) is 58.4 Å². The molecule has 0 saturated heterocycles. The summed E-state index contributed by atoms with van der Waals surface area (Å²) in [5.41, 5.74) is 9.21. The standard InChI is InChI=1S/C28H27BrN2/c1-17(2)31-25-12-8-9-18(3)26(25)19(4)28(31)27(20-10-6-5-7-11-20)23-16-30-24-14-13-21(29)15-22(23)24/h5-17,27,30H,1-4H3/t27-/m0/s1. The quantitative estimate of drug-likeness (QED) is 0.272. The third kappa shape index (κ3) is 3.23. The molecule has 0 spiro atoms. The number of H-pyrrole nitrogens is 1. The Morgan fingerprint density at radius 2 is 1.68 bits per heavy atom. The van der Waals surface area contributed by atoms with Gasteiger partial charge in [0, 0.05) is 44.2 Å². The molecule has 5 rings (SSSR count). The molecule has 0 fully saturated rings. The number of nitrogens with one attached hydrogen (secondary N) is 1. The van der Waals surface area contributed by atoms with E-state index in [1.165, 1.54) is 49.8 Å². The van der Waals surface area contributed by atoms with Crippen LogP contribution in [-0.4, -0.2) is 9.55 Å². The Morgan fingerprint density at radius 1 is 0.903 bits per heavy atom. The van der Waals surface area contributed by atoms with Crippen molar-refractivity contribution in [2.45, 2.75) is 39.7 Å². The molecule has 5 aromatic rings. The Bertz CT molecular complexity index is 1390. The molecule has 0 radical (unpaired) electrons. The van der Waals surface area contributed by atoms with Crippen LogP contribution in [0, 0.1) is 13.8 Å². The van der Waals surface area contributed by atoms with Crippen LogP contribution in [0.25, 0.3) is 21.8 Å². The smallest absolute Gasteiger partial charge is 0.0517 e. The highest BCUT2D eigenvalue weighted by atomic mass is 79.9. The first kappa shape index (κ1) is 20.1. The SMILES string of the molecule is Cc1cccc2c1c(C)c([C@@H](c1ccccc1)c1c[nH]c3ccc(Br)cc13)n2C(C)C. The maximum Gasteiger partial charge on any atom is 0.0517 e. The lowest BCUT2D eigenvalue weighted by Crippen LogP contribution is -2.13. The Labute approximate surface area is 192 Å². The van der Waals surface area contributed by atoms with E-state index in [-0.39, 0.29) is 5.92 Å². The number of hydrogen-bond donors (Lipinski definition) is 1. The average Bonchev–Trinajstić information content (AvgIpc) is 3.29. The fourth-order valence-corrected chi connectivity index (χ4v) is 5.54. The van der Waals surface area contributed by atoms with Crippen LogP contribution in [0.15, 0.2) is 77.4 Å². The summed E-state index contributed by atoms with van der Waals surface area (Å²) in [4.78, 5) is 3.52. The fourth-order valence-electron chi connectivity index (χ4n) is 5.17. The number of fused-ring (bicyclic) bond motifs is 2. The number of hydrogen-bond acceptors (Lipinski definition) is 0. The molecule has 3 aromatic carbocycles. The van der Waals surface area contributed by atoms with Gasteiger partial charge in [-0.3, -0.25) is 0 Å². The topological polar surface area (TPSA) is 20.7 Å². The second-order valence-corrected chi connectivity index (χ2v) is 9.64. The van der Waals surface area contributed by atoms with Gasteiger partial charge in [-0.25, -0.2) is 0 Å². The molecule has 156 valence electrons. The van der Waals surface area contributed by atoms with E-state index in [2.05, 4.69) is 126 Å². The second-order valence-electron chi connectivity index (χ2n) is 8.72. The van der Waals surface area contributed by atoms with Gasteiger partial charge in [-0.15, -0.1) is 0 Å². The highest BCUT2D eigenvalue weighted by Crippen LogP contribution is 2.43. The Balaban J connectivity index is 1.91. The minimum Gasteiger partial charge on any atom is -0.361 e. The number of aryl methyl sites for hydroxylation is 2. The molecule has 0 aliphatic heterocycles. The first-order valence-corrected chi connectivity index (χ1v) is 11.7. The fraction of sp³-hybridized carbons (Fsp3) is 0.214. The molecule has 0 bridgehead atoms. The first-order valence-electron chi connectivity index (χ1n) is 10.9. The van der Waals surface area contributed by atoms with Gasteiger partial charge in [-0.05, 0) is 74.2 Å². The molecular weight excluding hydrogens is 444 g/mol. The van der Waals surface area contributed by atoms with Gasteiger partial charge < -0.3 is 9.55 Å². The molecule has 31 heavy (non-hydrogen) atoms. The highest BCUT2D eigenvalue weighted by molar-refractivity contribution is 9.10. The van der Waals surface area contributed by atoms with Gasteiger partial charge in [0.25, 0.3) is 0 Å². The highest BCUT2D eigenvalue weighted by Gasteiger charge is 2.28. The van der Waals surface area contributed by atoms with E-state index in [0.29, 0.717) is 6.04 Å². The molecule has 2 nitrogen and oxygen atoms in total. The monoisotopic (exact) mass is 470 g/mol. The van der Waals surface area contributed by atoms with E-state index < -0.39 is 0 Å². The van der Waals surface area contributed by atoms with Crippen molar-refractivity contribution in [3.8, 4) is 0 Å². The van der Waals surface area contributed by atoms with E-state index in [0.717, 1.165) is 4.47 Å². The van der Waals surface area contributed by atoms with Crippen molar-refractivity contribution in [1.29, 1.82) is 0 Å². The molecule has 1 atom stereocenters. The summed E-state index contributed by atoms with van der Waals surface area (Å²) in [5.74, 6) is 0.137. The van der Waals surface area contributed by atoms with E-state index in [9.17, 15) is 0 Å². The third-order valence-electron chi connectivity index (χ3n) is 6.44. The van der Waals surface area contributed by atoms with Crippen molar-refractivity contribution in [3.63, 3.8) is 0 Å². The second kappa shape index (κ2) is 7.72. The third-order valence-corrected chi connectivity index (χ3v) is 6.93. The summed E-state index contributed by atoms with van der Waals surface area (Å²) in [6, 6.07) is 24.4. The van der Waals surface area contributed by atoms with E-state index in [4.69, 9.17) is 0 Å². The first-order chi connectivity index (χ1) is 15.0. The van der Waals surface area contributed by atoms with Gasteiger partial charge in [0.1, 0.15) is 0 Å². The summed E-state index contributed by atoms with van der Waals surface area (Å²) < 4.78 is 3.65. The van der Waals surface area contributed by atoms with Gasteiger partial charge in [0.05, 0.1) is 5.92 Å². The molecule has 0 saturated carbocycles. The van der Waals surface area contributed by atoms with Gasteiger partial charge in [0.2, 0.25) is 0 Å². The number of aromatic nitrogens is 2. The average molecular weight is 471 g/mol. The summed E-state index contributed by atoms with van der Waals surface area (Å²) in [6.07, 6.45) is 2.20. The van der Waals surface area contributed by atoms with E-state index in [1.807, 2.05) is 0 Å². The molecule has 3 heteroatoms. The van der Waals surface area contributed by atoms with Crippen LogP contribution in [0.4, 0.5) is 0 Å². The molecule has 0 aliphatic carbocycles. The molecule has 1 N–H and O–H groups in total. The predicted octanol–water partition coefficient (Wildman–Crippen LogP) is 8.26. The van der Waals surface area contributed by atoms with E-state index in [1.54, 1.807) is 0 Å². The minimum atomic E-state index is 0.137. The minimum absolute atomic E-state index is 0.137. The lowest BCUT2D eigenvalue weighted by atomic mass is 9.86. The Morgan fingerprint density at radius 3 is 2.42 bits per heavy atom. The zero-order valence-electron chi connectivity index (χ0n) is 18.4. The predicted molar refractivity (Wildman–Crippen MR) is 135 cm³/mol. The van der Waals surface area contributed by atoms with Crippen LogP contribution in [-0.2, 0) is 0 Å².